The Bertz CT molecular complexity index is 1190. The average Bonchev–Trinajstić information content (AvgIpc) is 3.67. The molecule has 1 saturated heterocycles. The molecule has 0 aromatic rings. The summed E-state index contributed by atoms with van der Waals surface area (Å²) >= 11 is 0. The van der Waals surface area contributed by atoms with E-state index in [-0.39, 0.29) is 12.0 Å². The third kappa shape index (κ3) is 5.58. The Morgan fingerprint density at radius 3 is 2.36 bits per heavy atom. The smallest absolute Gasteiger partial charge is 0.331 e. The first kappa shape index (κ1) is 34.7. The summed E-state index contributed by atoms with van der Waals surface area (Å²) in [5.74, 6) is -4.78. The fourth-order valence-corrected chi connectivity index (χ4v) is 8.14. The summed E-state index contributed by atoms with van der Waals surface area (Å²) in [5.41, 5.74) is -7.36. The van der Waals surface area contributed by atoms with E-state index >= 15 is 0 Å². The second-order valence-corrected chi connectivity index (χ2v) is 13.6. The van der Waals surface area contributed by atoms with Gasteiger partial charge in [-0.15, -0.1) is 0 Å². The van der Waals surface area contributed by atoms with Crippen molar-refractivity contribution >= 4 is 11.8 Å². The highest BCUT2D eigenvalue weighted by Gasteiger charge is 2.83. The van der Waals surface area contributed by atoms with E-state index in [2.05, 4.69) is 13.5 Å². The van der Waals surface area contributed by atoms with E-state index in [9.17, 15) is 35.1 Å². The molecule has 0 aromatic heterocycles. The van der Waals surface area contributed by atoms with E-state index in [4.69, 9.17) is 9.47 Å². The quantitative estimate of drug-likeness (QED) is 0.0491. The number of hydrogen-bond acceptors (Lipinski definition) is 9. The summed E-state index contributed by atoms with van der Waals surface area (Å²) in [4.78, 5) is 26.3. The van der Waals surface area contributed by atoms with E-state index in [1.807, 2.05) is 6.08 Å². The molecule has 5 N–H and O–H groups in total. The van der Waals surface area contributed by atoms with E-state index in [0.717, 1.165) is 12.8 Å². The number of hydrogen-bond donors (Lipinski definition) is 5. The van der Waals surface area contributed by atoms with Crippen LogP contribution in [0.1, 0.15) is 91.9 Å². The highest BCUT2D eigenvalue weighted by Crippen LogP contribution is 2.65. The van der Waals surface area contributed by atoms with Crippen LogP contribution in [0.5, 0.6) is 0 Å². The van der Waals surface area contributed by atoms with Gasteiger partial charge in [-0.2, -0.15) is 0 Å². The lowest BCUT2D eigenvalue weighted by Gasteiger charge is -2.57. The normalized spacial score (nSPS) is 41.2. The number of aliphatic hydroxyl groups is 5. The van der Waals surface area contributed by atoms with Gasteiger partial charge >= 0.3 is 5.97 Å². The lowest BCUT2D eigenvalue weighted by molar-refractivity contribution is -0.252. The Labute approximate surface area is 261 Å². The van der Waals surface area contributed by atoms with Crippen LogP contribution in [0.4, 0.5) is 0 Å². The Kier molecular flexibility index (Phi) is 10.5. The standard InChI is InChI=1S/C35H52O9/c1-6-7-8-9-10-11-12-13-14-15-16-17-18-26(37)43-32(22(2)3)20-24(5)34(41)25-19-23(4)28(38)35(25,42)31(40)33(21-36)30(44-33)27(34)29(32)39/h15-19,24-25,27,29-31,36,39-42H,2,6-14,20-21H2,1,3-5H3. The Hall–Kier alpha value is -2.14. The van der Waals surface area contributed by atoms with Gasteiger partial charge in [-0.3, -0.25) is 4.79 Å². The summed E-state index contributed by atoms with van der Waals surface area (Å²) < 4.78 is 11.7. The summed E-state index contributed by atoms with van der Waals surface area (Å²) in [6, 6.07) is 0. The van der Waals surface area contributed by atoms with Gasteiger partial charge in [0.15, 0.2) is 17.0 Å². The molecule has 0 radical (unpaired) electrons. The fraction of sp³-hybridized carbons (Fsp3) is 0.714. The fourth-order valence-electron chi connectivity index (χ4n) is 8.14. The molecule has 0 bridgehead atoms. The van der Waals surface area contributed by atoms with Crippen molar-refractivity contribution in [1.29, 1.82) is 0 Å². The van der Waals surface area contributed by atoms with Crippen molar-refractivity contribution in [3.63, 3.8) is 0 Å². The molecular weight excluding hydrogens is 564 g/mol. The van der Waals surface area contributed by atoms with Crippen molar-refractivity contribution in [3.8, 4) is 0 Å². The van der Waals surface area contributed by atoms with Crippen LogP contribution in [0.25, 0.3) is 0 Å². The lowest BCUT2D eigenvalue weighted by Crippen LogP contribution is -2.71. The highest BCUT2D eigenvalue weighted by atomic mass is 16.6. The number of esters is 1. The molecule has 1 aliphatic heterocycles. The first-order chi connectivity index (χ1) is 20.8. The largest absolute Gasteiger partial charge is 0.449 e. The van der Waals surface area contributed by atoms with Crippen LogP contribution >= 0.6 is 0 Å². The molecule has 10 unspecified atom stereocenters. The number of aliphatic hydroxyl groups excluding tert-OH is 3. The number of unbranched alkanes of at least 4 members (excludes halogenated alkanes) is 8. The molecule has 3 aliphatic carbocycles. The summed E-state index contributed by atoms with van der Waals surface area (Å²) in [6.45, 7) is 10.3. The van der Waals surface area contributed by atoms with Crippen molar-refractivity contribution in [3.05, 3.63) is 48.1 Å². The number of rotatable bonds is 14. The monoisotopic (exact) mass is 616 g/mol. The SMILES string of the molecule is C=C(C)C1(OC(=O)C=CC=CCCCCCCCCCC)CC(C)C2(O)C(C1O)C1OC1(CO)C(O)C1(O)C(=O)C(C)=CC12. The zero-order valence-electron chi connectivity index (χ0n) is 26.7. The Balaban J connectivity index is 1.49. The number of carbonyl (C=O) groups is 2. The summed E-state index contributed by atoms with van der Waals surface area (Å²) in [5, 5.41) is 57.7. The molecule has 2 saturated carbocycles. The van der Waals surface area contributed by atoms with E-state index in [0.29, 0.717) is 5.57 Å². The molecule has 3 fully saturated rings. The van der Waals surface area contributed by atoms with Gasteiger partial charge in [-0.1, -0.05) is 89.7 Å². The number of fused-ring (bicyclic) bond motifs is 5. The number of ketones is 1. The molecule has 0 spiro atoms. The van der Waals surface area contributed by atoms with Gasteiger partial charge in [0.2, 0.25) is 0 Å². The maximum Gasteiger partial charge on any atom is 0.331 e. The molecule has 4 rings (SSSR count). The van der Waals surface area contributed by atoms with Crippen LogP contribution in [0.2, 0.25) is 0 Å². The topological polar surface area (TPSA) is 157 Å². The minimum atomic E-state index is -2.47. The van der Waals surface area contributed by atoms with Gasteiger partial charge in [-0.05, 0) is 50.2 Å². The summed E-state index contributed by atoms with van der Waals surface area (Å²) in [6.07, 6.45) is 14.3. The van der Waals surface area contributed by atoms with Crippen LogP contribution in [0.15, 0.2) is 48.1 Å². The first-order valence-electron chi connectivity index (χ1n) is 16.3. The van der Waals surface area contributed by atoms with Crippen molar-refractivity contribution in [2.24, 2.45) is 17.8 Å². The highest BCUT2D eigenvalue weighted by molar-refractivity contribution is 6.05. The molecular formula is C35H52O9. The number of Topliss-reactive ketones (excluding diaryl/α,β-unsaturated/α-hetero) is 1. The van der Waals surface area contributed by atoms with Gasteiger partial charge in [-0.25, -0.2) is 4.79 Å². The number of epoxide rings is 1. The third-order valence-electron chi connectivity index (χ3n) is 10.8. The molecule has 0 amide bonds. The molecule has 44 heavy (non-hydrogen) atoms. The number of allylic oxidation sites excluding steroid dienone is 3. The van der Waals surface area contributed by atoms with Gasteiger partial charge in [0.1, 0.15) is 23.9 Å². The average molecular weight is 617 g/mol. The molecule has 1 heterocycles. The first-order valence-corrected chi connectivity index (χ1v) is 16.3. The van der Waals surface area contributed by atoms with Gasteiger partial charge < -0.3 is 35.0 Å². The zero-order valence-corrected chi connectivity index (χ0v) is 26.7. The molecule has 9 heteroatoms. The maximum atomic E-state index is 13.2. The van der Waals surface area contributed by atoms with Gasteiger partial charge in [0, 0.05) is 17.9 Å². The van der Waals surface area contributed by atoms with Crippen LogP contribution < -0.4 is 0 Å². The second-order valence-electron chi connectivity index (χ2n) is 13.6. The van der Waals surface area contributed by atoms with E-state index < -0.39 is 76.8 Å². The van der Waals surface area contributed by atoms with Crippen LogP contribution in [0, 0.1) is 17.8 Å². The van der Waals surface area contributed by atoms with Crippen molar-refractivity contribution in [2.75, 3.05) is 6.61 Å². The molecule has 10 atom stereocenters. The van der Waals surface area contributed by atoms with Crippen molar-refractivity contribution in [1.82, 2.24) is 0 Å². The number of carbonyl (C=O) groups excluding carboxylic acids is 2. The molecule has 0 aromatic carbocycles. The minimum absolute atomic E-state index is 0.0625. The predicted molar refractivity (Wildman–Crippen MR) is 165 cm³/mol. The van der Waals surface area contributed by atoms with Crippen molar-refractivity contribution < 1.29 is 44.6 Å². The van der Waals surface area contributed by atoms with Crippen LogP contribution in [-0.4, -0.2) is 84.6 Å². The Morgan fingerprint density at radius 1 is 1.11 bits per heavy atom. The maximum absolute atomic E-state index is 13.2. The number of ether oxygens (including phenoxy) is 2. The lowest BCUT2D eigenvalue weighted by atomic mass is 9.54. The minimum Gasteiger partial charge on any atom is -0.449 e. The zero-order chi connectivity index (χ0) is 32.5. The second kappa shape index (κ2) is 13.3. The van der Waals surface area contributed by atoms with Gasteiger partial charge in [0.05, 0.1) is 12.2 Å². The van der Waals surface area contributed by atoms with E-state index in [1.54, 1.807) is 26.0 Å². The van der Waals surface area contributed by atoms with Crippen LogP contribution in [-0.2, 0) is 19.1 Å². The molecule has 4 aliphatic rings. The van der Waals surface area contributed by atoms with Crippen LogP contribution in [0.3, 0.4) is 0 Å². The molecule has 246 valence electrons. The Morgan fingerprint density at radius 2 is 1.75 bits per heavy atom. The van der Waals surface area contributed by atoms with Crippen molar-refractivity contribution in [2.45, 2.75) is 133 Å². The predicted octanol–water partition coefficient (Wildman–Crippen LogP) is 3.62. The van der Waals surface area contributed by atoms with Gasteiger partial charge in [0.25, 0.3) is 0 Å². The third-order valence-corrected chi connectivity index (χ3v) is 10.8. The summed E-state index contributed by atoms with van der Waals surface area (Å²) in [7, 11) is 0. The van der Waals surface area contributed by atoms with E-state index in [1.165, 1.54) is 64.0 Å². The molecule has 9 nitrogen and oxygen atoms in total.